The van der Waals surface area contributed by atoms with Crippen LogP contribution in [0.1, 0.15) is 43.6 Å². The number of hydrogen-bond acceptors (Lipinski definition) is 4. The number of carbonyl (C=O) groups excluding carboxylic acids is 1. The highest BCUT2D eigenvalue weighted by atomic mass is 35.5. The van der Waals surface area contributed by atoms with Gasteiger partial charge in [-0.1, -0.05) is 30.2 Å². The number of halogens is 1. The van der Waals surface area contributed by atoms with E-state index in [1.54, 1.807) is 24.3 Å². The van der Waals surface area contributed by atoms with Gasteiger partial charge in [0.1, 0.15) is 12.0 Å². The van der Waals surface area contributed by atoms with Gasteiger partial charge in [0.05, 0.1) is 6.61 Å². The molecule has 2 saturated heterocycles. The Morgan fingerprint density at radius 3 is 2.48 bits per heavy atom. The molecule has 1 unspecified atom stereocenters. The van der Waals surface area contributed by atoms with E-state index in [4.69, 9.17) is 16.3 Å². The van der Waals surface area contributed by atoms with Gasteiger partial charge in [-0.3, -0.25) is 4.79 Å². The Bertz CT molecular complexity index is 534. The number of rotatable bonds is 4. The molecule has 1 aromatic carbocycles. The van der Waals surface area contributed by atoms with Crippen LogP contribution >= 0.6 is 11.6 Å². The normalized spacial score (nSPS) is 29.1. The molecule has 126 valence electrons. The summed E-state index contributed by atoms with van der Waals surface area (Å²) in [5.74, 6) is -0.964. The quantitative estimate of drug-likeness (QED) is 0.858. The lowest BCUT2D eigenvalue weighted by atomic mass is 9.83. The van der Waals surface area contributed by atoms with Gasteiger partial charge in [0.2, 0.25) is 0 Å². The van der Waals surface area contributed by atoms with Crippen molar-refractivity contribution in [1.29, 1.82) is 0 Å². The van der Waals surface area contributed by atoms with Gasteiger partial charge in [-0.2, -0.15) is 0 Å². The molecular weight excluding hydrogens is 314 g/mol. The topological polar surface area (TPSA) is 49.8 Å². The molecule has 2 bridgehead atoms. The Labute approximate surface area is 142 Å². The molecule has 0 saturated carbocycles. The lowest BCUT2D eigenvalue weighted by molar-refractivity contribution is -0.157. The highest BCUT2D eigenvalue weighted by Gasteiger charge is 2.38. The van der Waals surface area contributed by atoms with Gasteiger partial charge in [0, 0.05) is 17.1 Å². The van der Waals surface area contributed by atoms with E-state index in [9.17, 15) is 9.90 Å². The molecule has 2 heterocycles. The Morgan fingerprint density at radius 1 is 1.30 bits per heavy atom. The summed E-state index contributed by atoms with van der Waals surface area (Å²) in [7, 11) is 2.18. The Hall–Kier alpha value is -1.10. The van der Waals surface area contributed by atoms with Crippen molar-refractivity contribution < 1.29 is 14.6 Å². The number of esters is 1. The van der Waals surface area contributed by atoms with Gasteiger partial charge >= 0.3 is 5.97 Å². The van der Waals surface area contributed by atoms with Gasteiger partial charge in [-0.25, -0.2) is 0 Å². The fraction of sp³-hybridized carbons (Fsp3) is 0.611. The predicted molar refractivity (Wildman–Crippen MR) is 89.6 cm³/mol. The van der Waals surface area contributed by atoms with E-state index in [1.165, 1.54) is 19.3 Å². The van der Waals surface area contributed by atoms with Crippen LogP contribution in [0.5, 0.6) is 0 Å². The van der Waals surface area contributed by atoms with Crippen LogP contribution in [0.4, 0.5) is 0 Å². The second kappa shape index (κ2) is 7.20. The van der Waals surface area contributed by atoms with Gasteiger partial charge in [0.25, 0.3) is 0 Å². The summed E-state index contributed by atoms with van der Waals surface area (Å²) >= 11 is 5.88. The number of aliphatic hydroxyl groups excluding tert-OH is 1. The predicted octanol–water partition coefficient (Wildman–Crippen LogP) is 2.97. The summed E-state index contributed by atoms with van der Waals surface area (Å²) in [5, 5.41) is 10.2. The van der Waals surface area contributed by atoms with E-state index < -0.39 is 5.92 Å². The van der Waals surface area contributed by atoms with E-state index in [0.717, 1.165) is 18.4 Å². The fourth-order valence-electron chi connectivity index (χ4n) is 3.92. The van der Waals surface area contributed by atoms with Crippen molar-refractivity contribution in [3.05, 3.63) is 34.9 Å². The average molecular weight is 338 g/mol. The molecule has 0 amide bonds. The monoisotopic (exact) mass is 337 g/mol. The highest BCUT2D eigenvalue weighted by Crippen LogP contribution is 2.34. The molecule has 0 aliphatic carbocycles. The molecule has 0 spiro atoms. The lowest BCUT2D eigenvalue weighted by Gasteiger charge is -2.46. The highest BCUT2D eigenvalue weighted by molar-refractivity contribution is 6.30. The molecule has 3 rings (SSSR count). The van der Waals surface area contributed by atoms with Crippen LogP contribution < -0.4 is 0 Å². The van der Waals surface area contributed by atoms with E-state index in [1.807, 2.05) is 0 Å². The first kappa shape index (κ1) is 16.7. The van der Waals surface area contributed by atoms with Crippen molar-refractivity contribution in [3.63, 3.8) is 0 Å². The fourth-order valence-corrected chi connectivity index (χ4v) is 4.05. The molecule has 1 N–H and O–H groups in total. The third kappa shape index (κ3) is 3.70. The molecule has 4 atom stereocenters. The van der Waals surface area contributed by atoms with Crippen LogP contribution in [-0.2, 0) is 9.53 Å². The van der Waals surface area contributed by atoms with E-state index >= 15 is 0 Å². The second-order valence-corrected chi connectivity index (χ2v) is 7.16. The second-order valence-electron chi connectivity index (χ2n) is 6.72. The average Bonchev–Trinajstić information content (AvgIpc) is 2.51. The van der Waals surface area contributed by atoms with Gasteiger partial charge in [-0.15, -0.1) is 0 Å². The van der Waals surface area contributed by atoms with E-state index in [-0.39, 0.29) is 18.7 Å². The molecule has 2 aliphatic heterocycles. The van der Waals surface area contributed by atoms with Gasteiger partial charge in [-0.05, 0) is 50.4 Å². The summed E-state index contributed by atoms with van der Waals surface area (Å²) in [6, 6.07) is 8.04. The van der Waals surface area contributed by atoms with Crippen molar-refractivity contribution in [2.24, 2.45) is 0 Å². The number of piperidine rings is 2. The molecule has 0 aromatic heterocycles. The van der Waals surface area contributed by atoms with Crippen LogP contribution in [0, 0.1) is 0 Å². The number of fused-ring (bicyclic) bond motifs is 2. The Balaban J connectivity index is 1.64. The number of aliphatic hydroxyl groups is 1. The molecule has 0 radical (unpaired) electrons. The van der Waals surface area contributed by atoms with Gasteiger partial charge < -0.3 is 14.7 Å². The van der Waals surface area contributed by atoms with Crippen LogP contribution in [0.2, 0.25) is 5.02 Å². The number of nitrogens with zero attached hydrogens (tertiary/aromatic N) is 1. The minimum absolute atomic E-state index is 0.0321. The van der Waals surface area contributed by atoms with Crippen molar-refractivity contribution in [2.75, 3.05) is 13.7 Å². The van der Waals surface area contributed by atoms with Gasteiger partial charge in [0.15, 0.2) is 0 Å². The number of ether oxygens (including phenoxy) is 1. The number of carbonyl (C=O) groups is 1. The summed E-state index contributed by atoms with van der Waals surface area (Å²) < 4.78 is 5.76. The van der Waals surface area contributed by atoms with Crippen molar-refractivity contribution >= 4 is 17.6 Å². The minimum atomic E-state index is -0.633. The van der Waals surface area contributed by atoms with Crippen molar-refractivity contribution in [3.8, 4) is 0 Å². The minimum Gasteiger partial charge on any atom is -0.462 e. The van der Waals surface area contributed by atoms with Crippen LogP contribution in [-0.4, -0.2) is 47.8 Å². The van der Waals surface area contributed by atoms with Crippen LogP contribution in [0.3, 0.4) is 0 Å². The number of benzene rings is 1. The third-order valence-corrected chi connectivity index (χ3v) is 5.57. The maximum absolute atomic E-state index is 12.5. The summed E-state index contributed by atoms with van der Waals surface area (Å²) in [4.78, 5) is 14.9. The molecular formula is C18H24ClNO3. The molecule has 1 aromatic rings. The standard InChI is InChI=1S/C18H24ClNO3/c1-20-14-3-2-4-15(20)10-16(9-14)23-18(22)17(11-21)12-5-7-13(19)8-6-12/h5-8,14-17,21H,2-4,9-11H2,1H3/t14-,15+,16?,17-/m1/s1. The summed E-state index contributed by atoms with van der Waals surface area (Å²) in [6.07, 6.45) is 5.40. The Morgan fingerprint density at radius 2 is 1.91 bits per heavy atom. The first-order chi connectivity index (χ1) is 11.1. The zero-order valence-electron chi connectivity index (χ0n) is 13.5. The van der Waals surface area contributed by atoms with Crippen LogP contribution in [0.25, 0.3) is 0 Å². The largest absolute Gasteiger partial charge is 0.462 e. The van der Waals surface area contributed by atoms with Crippen LogP contribution in [0.15, 0.2) is 24.3 Å². The molecule has 23 heavy (non-hydrogen) atoms. The smallest absolute Gasteiger partial charge is 0.316 e. The molecule has 2 fully saturated rings. The van der Waals surface area contributed by atoms with E-state index in [2.05, 4.69) is 11.9 Å². The molecule has 5 heteroatoms. The Kier molecular flexibility index (Phi) is 5.24. The maximum atomic E-state index is 12.5. The molecule has 4 nitrogen and oxygen atoms in total. The lowest BCUT2D eigenvalue weighted by Crippen LogP contribution is -2.52. The summed E-state index contributed by atoms with van der Waals surface area (Å²) in [6.45, 7) is -0.250. The first-order valence-corrected chi connectivity index (χ1v) is 8.75. The number of hydrogen-bond donors (Lipinski definition) is 1. The maximum Gasteiger partial charge on any atom is 0.316 e. The molecule has 2 aliphatic rings. The zero-order chi connectivity index (χ0) is 16.4. The van der Waals surface area contributed by atoms with Crippen molar-refractivity contribution in [2.45, 2.75) is 56.2 Å². The zero-order valence-corrected chi connectivity index (χ0v) is 14.2. The first-order valence-electron chi connectivity index (χ1n) is 8.37. The SMILES string of the molecule is CN1[C@@H]2CCC[C@H]1CC(OC(=O)[C@H](CO)c1ccc(Cl)cc1)C2. The van der Waals surface area contributed by atoms with E-state index in [0.29, 0.717) is 17.1 Å². The third-order valence-electron chi connectivity index (χ3n) is 5.32. The van der Waals surface area contributed by atoms with Crippen molar-refractivity contribution in [1.82, 2.24) is 4.90 Å². The summed E-state index contributed by atoms with van der Waals surface area (Å²) in [5.41, 5.74) is 0.745.